The first-order chi connectivity index (χ1) is 15.3. The number of aromatic nitrogens is 3. The highest BCUT2D eigenvalue weighted by Crippen LogP contribution is 2.45. The van der Waals surface area contributed by atoms with Gasteiger partial charge in [-0.2, -0.15) is 0 Å². The summed E-state index contributed by atoms with van der Waals surface area (Å²) in [5.74, 6) is 0.620. The second-order valence-corrected chi connectivity index (χ2v) is 9.62. The van der Waals surface area contributed by atoms with Crippen LogP contribution in [0.15, 0.2) is 67.0 Å². The van der Waals surface area contributed by atoms with Crippen LogP contribution >= 0.6 is 23.2 Å². The highest BCUT2D eigenvalue weighted by molar-refractivity contribution is 6.31. The number of nitrogens with one attached hydrogen (secondary N) is 1. The zero-order valence-corrected chi connectivity index (χ0v) is 19.6. The molecule has 166 valence electrons. The Morgan fingerprint density at radius 1 is 1.19 bits per heavy atom. The first-order valence-corrected chi connectivity index (χ1v) is 11.5. The fourth-order valence-corrected chi connectivity index (χ4v) is 5.03. The number of rotatable bonds is 6. The van der Waals surface area contributed by atoms with E-state index in [0.29, 0.717) is 28.1 Å². The number of nitrogens with zero attached hydrogens (tertiary/aromatic N) is 3. The molecule has 2 heterocycles. The number of carbonyl (C=O) groups is 1. The minimum absolute atomic E-state index is 0.0912. The van der Waals surface area contributed by atoms with Gasteiger partial charge in [0.15, 0.2) is 0 Å². The molecule has 5 nitrogen and oxygen atoms in total. The fourth-order valence-electron chi connectivity index (χ4n) is 4.64. The van der Waals surface area contributed by atoms with Gasteiger partial charge in [-0.25, -0.2) is 0 Å². The van der Waals surface area contributed by atoms with Gasteiger partial charge in [0.05, 0.1) is 12.0 Å². The van der Waals surface area contributed by atoms with E-state index in [4.69, 9.17) is 23.2 Å². The second-order valence-electron chi connectivity index (χ2n) is 8.75. The molecule has 0 fully saturated rings. The summed E-state index contributed by atoms with van der Waals surface area (Å²) >= 11 is 12.5. The van der Waals surface area contributed by atoms with Crippen LogP contribution in [0.1, 0.15) is 43.6 Å². The summed E-state index contributed by atoms with van der Waals surface area (Å²) in [6.07, 6.45) is 3.09. The van der Waals surface area contributed by atoms with E-state index in [0.717, 1.165) is 23.4 Å². The quantitative estimate of drug-likeness (QED) is 0.430. The summed E-state index contributed by atoms with van der Waals surface area (Å²) in [4.78, 5) is 13.8. The minimum Gasteiger partial charge on any atom is -0.326 e. The van der Waals surface area contributed by atoms with Crippen LogP contribution in [0.2, 0.25) is 10.0 Å². The smallest absolute Gasteiger partial charge is 0.230 e. The number of halogens is 2. The van der Waals surface area contributed by atoms with Crippen LogP contribution in [0.25, 0.3) is 0 Å². The van der Waals surface area contributed by atoms with Gasteiger partial charge in [0, 0.05) is 28.1 Å². The molecule has 1 aliphatic heterocycles. The lowest BCUT2D eigenvalue weighted by Crippen LogP contribution is -2.41. The molecule has 3 atom stereocenters. The van der Waals surface area contributed by atoms with E-state index in [9.17, 15) is 4.79 Å². The molecule has 0 saturated carbocycles. The van der Waals surface area contributed by atoms with Crippen molar-refractivity contribution in [3.8, 4) is 0 Å². The van der Waals surface area contributed by atoms with Gasteiger partial charge in [-0.3, -0.25) is 4.79 Å². The Labute approximate surface area is 198 Å². The lowest BCUT2D eigenvalue weighted by Gasteiger charge is -2.39. The third-order valence-corrected chi connectivity index (χ3v) is 6.35. The lowest BCUT2D eigenvalue weighted by atomic mass is 9.73. The van der Waals surface area contributed by atoms with E-state index in [2.05, 4.69) is 35.9 Å². The standard InChI is InChI=1S/C25H26Cl2N4O/c1-15(2)10-16(3)24-23(25(32)29-20-9-5-8-19(27)12-20)21(13-22-30-28-14-31(22)24)17-6-4-7-18(26)11-17/h4-9,11-12,14-15,21,23-24H,3,10,13H2,1-2H3,(H,29,32)/t21-,23?,24+/m0/s1. The van der Waals surface area contributed by atoms with Crippen LogP contribution in [0.5, 0.6) is 0 Å². The van der Waals surface area contributed by atoms with Gasteiger partial charge < -0.3 is 9.88 Å². The highest BCUT2D eigenvalue weighted by Gasteiger charge is 2.44. The van der Waals surface area contributed by atoms with Crippen LogP contribution in [0.3, 0.4) is 0 Å². The predicted octanol–water partition coefficient (Wildman–Crippen LogP) is 6.32. The molecule has 0 saturated heterocycles. The Bertz CT molecular complexity index is 1140. The maximum absolute atomic E-state index is 13.8. The molecule has 0 radical (unpaired) electrons. The normalized spacial score (nSPS) is 20.1. The monoisotopic (exact) mass is 468 g/mol. The summed E-state index contributed by atoms with van der Waals surface area (Å²) in [6.45, 7) is 8.69. The average molecular weight is 469 g/mol. The molecular formula is C25H26Cl2N4O. The third-order valence-electron chi connectivity index (χ3n) is 5.88. The van der Waals surface area contributed by atoms with Crippen molar-refractivity contribution < 1.29 is 4.79 Å². The molecular weight excluding hydrogens is 443 g/mol. The summed E-state index contributed by atoms with van der Waals surface area (Å²) in [7, 11) is 0. The van der Waals surface area contributed by atoms with E-state index in [1.54, 1.807) is 18.5 Å². The van der Waals surface area contributed by atoms with Crippen molar-refractivity contribution in [1.82, 2.24) is 14.8 Å². The lowest BCUT2D eigenvalue weighted by molar-refractivity contribution is -0.122. The van der Waals surface area contributed by atoms with Gasteiger partial charge in [0.25, 0.3) is 0 Å². The Kier molecular flexibility index (Phi) is 6.68. The van der Waals surface area contributed by atoms with E-state index in [1.165, 1.54) is 0 Å². The molecule has 7 heteroatoms. The van der Waals surface area contributed by atoms with Gasteiger partial charge in [0.2, 0.25) is 5.91 Å². The summed E-state index contributed by atoms with van der Waals surface area (Å²) in [5.41, 5.74) is 2.65. The fraction of sp³-hybridized carbons (Fsp3) is 0.320. The van der Waals surface area contributed by atoms with E-state index in [-0.39, 0.29) is 17.9 Å². The molecule has 32 heavy (non-hydrogen) atoms. The van der Waals surface area contributed by atoms with E-state index in [1.807, 2.05) is 41.0 Å². The predicted molar refractivity (Wildman–Crippen MR) is 129 cm³/mol. The topological polar surface area (TPSA) is 59.8 Å². The molecule has 4 rings (SSSR count). The minimum atomic E-state index is -0.415. The number of fused-ring (bicyclic) bond motifs is 1. The maximum atomic E-state index is 13.8. The molecule has 1 unspecified atom stereocenters. The number of hydrogen-bond acceptors (Lipinski definition) is 3. The molecule has 0 aliphatic carbocycles. The molecule has 0 bridgehead atoms. The SMILES string of the molecule is C=C(CC(C)C)[C@@H]1C(C(=O)Nc2cccc(Cl)c2)[C@H](c2cccc(Cl)c2)Cc2nncn21. The first kappa shape index (κ1) is 22.6. The van der Waals surface area contributed by atoms with Gasteiger partial charge in [-0.15, -0.1) is 10.2 Å². The van der Waals surface area contributed by atoms with Gasteiger partial charge in [0.1, 0.15) is 12.2 Å². The van der Waals surface area contributed by atoms with Crippen molar-refractivity contribution in [1.29, 1.82) is 0 Å². The zero-order chi connectivity index (χ0) is 22.8. The number of hydrogen-bond donors (Lipinski definition) is 1. The van der Waals surface area contributed by atoms with Crippen molar-refractivity contribution in [3.63, 3.8) is 0 Å². The number of allylic oxidation sites excluding steroid dienone is 1. The van der Waals surface area contributed by atoms with Gasteiger partial charge in [-0.05, 0) is 48.2 Å². The number of amides is 1. The van der Waals surface area contributed by atoms with Crippen molar-refractivity contribution in [2.24, 2.45) is 11.8 Å². The largest absolute Gasteiger partial charge is 0.326 e. The Balaban J connectivity index is 1.79. The van der Waals surface area contributed by atoms with Crippen molar-refractivity contribution in [3.05, 3.63) is 88.4 Å². The molecule has 1 aromatic heterocycles. The molecule has 1 amide bonds. The van der Waals surface area contributed by atoms with Crippen LogP contribution in [-0.4, -0.2) is 20.7 Å². The maximum Gasteiger partial charge on any atom is 0.230 e. The number of carbonyl (C=O) groups excluding carboxylic acids is 1. The number of anilines is 1. The van der Waals surface area contributed by atoms with Crippen LogP contribution < -0.4 is 5.32 Å². The first-order valence-electron chi connectivity index (χ1n) is 10.7. The van der Waals surface area contributed by atoms with Crippen LogP contribution in [-0.2, 0) is 11.2 Å². The Hall–Kier alpha value is -2.63. The highest BCUT2D eigenvalue weighted by atomic mass is 35.5. The van der Waals surface area contributed by atoms with Crippen LogP contribution in [0.4, 0.5) is 5.69 Å². The summed E-state index contributed by atoms with van der Waals surface area (Å²) in [5, 5.41) is 12.8. The van der Waals surface area contributed by atoms with Gasteiger partial charge >= 0.3 is 0 Å². The Morgan fingerprint density at radius 2 is 1.91 bits per heavy atom. The van der Waals surface area contributed by atoms with E-state index >= 15 is 0 Å². The van der Waals surface area contributed by atoms with Crippen molar-refractivity contribution in [2.75, 3.05) is 5.32 Å². The summed E-state index contributed by atoms with van der Waals surface area (Å²) in [6, 6.07) is 14.6. The molecule has 1 N–H and O–H groups in total. The average Bonchev–Trinajstić information content (AvgIpc) is 3.20. The summed E-state index contributed by atoms with van der Waals surface area (Å²) < 4.78 is 2.01. The second kappa shape index (κ2) is 9.47. The molecule has 2 aromatic carbocycles. The van der Waals surface area contributed by atoms with E-state index < -0.39 is 5.92 Å². The molecule has 1 aliphatic rings. The van der Waals surface area contributed by atoms with Crippen molar-refractivity contribution >= 4 is 34.8 Å². The molecule has 3 aromatic rings. The Morgan fingerprint density at radius 3 is 2.59 bits per heavy atom. The van der Waals surface area contributed by atoms with Crippen molar-refractivity contribution in [2.45, 2.75) is 38.6 Å². The molecule has 0 spiro atoms. The zero-order valence-electron chi connectivity index (χ0n) is 18.1. The van der Waals surface area contributed by atoms with Gasteiger partial charge in [-0.1, -0.05) is 67.4 Å². The third kappa shape index (κ3) is 4.74. The number of benzene rings is 2. The van der Waals surface area contributed by atoms with Crippen LogP contribution in [0, 0.1) is 11.8 Å².